The molecule has 0 unspecified atom stereocenters. The van der Waals surface area contributed by atoms with E-state index in [2.05, 4.69) is 20.3 Å². The van der Waals surface area contributed by atoms with Gasteiger partial charge in [0.2, 0.25) is 0 Å². The van der Waals surface area contributed by atoms with E-state index in [0.717, 1.165) is 30.1 Å². The van der Waals surface area contributed by atoms with E-state index < -0.39 is 0 Å². The van der Waals surface area contributed by atoms with Crippen LogP contribution < -0.4 is 5.32 Å². The van der Waals surface area contributed by atoms with Gasteiger partial charge in [-0.05, 0) is 31.0 Å². The second kappa shape index (κ2) is 5.06. The number of fused-ring (bicyclic) bond motifs is 1. The number of pyridine rings is 1. The summed E-state index contributed by atoms with van der Waals surface area (Å²) in [5.74, 6) is 0.824. The maximum Gasteiger partial charge on any atom is 0.180 e. The van der Waals surface area contributed by atoms with Gasteiger partial charge in [-0.25, -0.2) is 9.97 Å². The third-order valence-electron chi connectivity index (χ3n) is 3.07. The SMILES string of the molecule is Cc1cnc2c(NCCc3ccncc3)nccn12. The minimum absolute atomic E-state index is 0.822. The van der Waals surface area contributed by atoms with E-state index in [1.54, 1.807) is 6.20 Å². The van der Waals surface area contributed by atoms with Crippen molar-refractivity contribution in [2.45, 2.75) is 13.3 Å². The smallest absolute Gasteiger partial charge is 0.180 e. The predicted molar refractivity (Wildman–Crippen MR) is 74.2 cm³/mol. The van der Waals surface area contributed by atoms with E-state index >= 15 is 0 Å². The molecule has 0 saturated heterocycles. The number of rotatable bonds is 4. The summed E-state index contributed by atoms with van der Waals surface area (Å²) in [6, 6.07) is 4.05. The zero-order chi connectivity index (χ0) is 13.1. The van der Waals surface area contributed by atoms with Crippen molar-refractivity contribution in [2.75, 3.05) is 11.9 Å². The molecule has 3 heterocycles. The van der Waals surface area contributed by atoms with Crippen LogP contribution in [0, 0.1) is 6.92 Å². The van der Waals surface area contributed by atoms with Crippen molar-refractivity contribution >= 4 is 11.5 Å². The molecule has 1 N–H and O–H groups in total. The quantitative estimate of drug-likeness (QED) is 0.773. The van der Waals surface area contributed by atoms with Crippen LogP contribution in [-0.2, 0) is 6.42 Å². The molecule has 0 aliphatic rings. The molecule has 0 aromatic carbocycles. The van der Waals surface area contributed by atoms with E-state index in [1.165, 1.54) is 5.56 Å². The second-order valence-electron chi connectivity index (χ2n) is 4.40. The van der Waals surface area contributed by atoms with Crippen LogP contribution in [0.4, 0.5) is 5.82 Å². The number of nitrogens with zero attached hydrogens (tertiary/aromatic N) is 4. The van der Waals surface area contributed by atoms with Crippen molar-refractivity contribution in [3.63, 3.8) is 0 Å². The van der Waals surface area contributed by atoms with Crippen LogP contribution in [0.2, 0.25) is 0 Å². The van der Waals surface area contributed by atoms with Crippen LogP contribution in [0.5, 0.6) is 0 Å². The van der Waals surface area contributed by atoms with Gasteiger partial charge in [0.05, 0.1) is 0 Å². The number of aryl methyl sites for hydroxylation is 1. The summed E-state index contributed by atoms with van der Waals surface area (Å²) in [7, 11) is 0. The lowest BCUT2D eigenvalue weighted by Gasteiger charge is -2.07. The molecule has 96 valence electrons. The largest absolute Gasteiger partial charge is 0.367 e. The lowest BCUT2D eigenvalue weighted by atomic mass is 10.2. The van der Waals surface area contributed by atoms with Crippen LogP contribution in [0.25, 0.3) is 5.65 Å². The number of hydrogen-bond acceptors (Lipinski definition) is 4. The molecule has 0 spiro atoms. The highest BCUT2D eigenvalue weighted by Gasteiger charge is 2.05. The molecule has 5 nitrogen and oxygen atoms in total. The van der Waals surface area contributed by atoms with Crippen LogP contribution >= 0.6 is 0 Å². The van der Waals surface area contributed by atoms with Crippen LogP contribution in [0.1, 0.15) is 11.3 Å². The van der Waals surface area contributed by atoms with E-state index in [-0.39, 0.29) is 0 Å². The maximum atomic E-state index is 4.37. The molecule has 5 heteroatoms. The molecule has 3 aromatic heterocycles. The van der Waals surface area contributed by atoms with Crippen molar-refractivity contribution in [1.82, 2.24) is 19.4 Å². The molecule has 0 aliphatic heterocycles. The molecular weight excluding hydrogens is 238 g/mol. The first-order valence-electron chi connectivity index (χ1n) is 6.26. The van der Waals surface area contributed by atoms with Gasteiger partial charge in [-0.3, -0.25) is 9.38 Å². The molecule has 0 saturated carbocycles. The Kier molecular flexibility index (Phi) is 3.10. The predicted octanol–water partition coefficient (Wildman–Crippen LogP) is 2.09. The highest BCUT2D eigenvalue weighted by molar-refractivity contribution is 5.62. The van der Waals surface area contributed by atoms with Crippen molar-refractivity contribution in [3.8, 4) is 0 Å². The van der Waals surface area contributed by atoms with Crippen LogP contribution in [0.15, 0.2) is 43.1 Å². The summed E-state index contributed by atoms with van der Waals surface area (Å²) in [5, 5.41) is 3.33. The number of hydrogen-bond donors (Lipinski definition) is 1. The van der Waals surface area contributed by atoms with E-state index in [9.17, 15) is 0 Å². The van der Waals surface area contributed by atoms with Crippen LogP contribution in [-0.4, -0.2) is 25.9 Å². The van der Waals surface area contributed by atoms with E-state index in [4.69, 9.17) is 0 Å². The average molecular weight is 253 g/mol. The Morgan fingerprint density at radius 3 is 2.84 bits per heavy atom. The van der Waals surface area contributed by atoms with Gasteiger partial charge in [-0.2, -0.15) is 0 Å². The molecule has 19 heavy (non-hydrogen) atoms. The number of aromatic nitrogens is 4. The lowest BCUT2D eigenvalue weighted by Crippen LogP contribution is -2.08. The van der Waals surface area contributed by atoms with Gasteiger partial charge in [0.15, 0.2) is 11.5 Å². The maximum absolute atomic E-state index is 4.37. The molecule has 0 bridgehead atoms. The Morgan fingerprint density at radius 1 is 1.16 bits per heavy atom. The zero-order valence-corrected chi connectivity index (χ0v) is 10.7. The van der Waals surface area contributed by atoms with Crippen LogP contribution in [0.3, 0.4) is 0 Å². The van der Waals surface area contributed by atoms with Gasteiger partial charge in [-0.15, -0.1) is 0 Å². The minimum Gasteiger partial charge on any atom is -0.367 e. The Hall–Kier alpha value is -2.43. The van der Waals surface area contributed by atoms with Gasteiger partial charge in [0, 0.05) is 43.2 Å². The Balaban J connectivity index is 1.72. The number of nitrogens with one attached hydrogen (secondary N) is 1. The molecule has 3 aromatic rings. The fourth-order valence-electron chi connectivity index (χ4n) is 2.04. The normalized spacial score (nSPS) is 10.8. The van der Waals surface area contributed by atoms with Crippen molar-refractivity contribution in [3.05, 3.63) is 54.4 Å². The summed E-state index contributed by atoms with van der Waals surface area (Å²) in [6.45, 7) is 2.85. The summed E-state index contributed by atoms with van der Waals surface area (Å²) in [4.78, 5) is 12.7. The molecule has 0 radical (unpaired) electrons. The number of anilines is 1. The molecule has 0 amide bonds. The monoisotopic (exact) mass is 253 g/mol. The Bertz CT molecular complexity index is 675. The van der Waals surface area contributed by atoms with Gasteiger partial charge < -0.3 is 5.32 Å². The molecule has 0 atom stereocenters. The first-order valence-corrected chi connectivity index (χ1v) is 6.26. The van der Waals surface area contributed by atoms with Gasteiger partial charge in [-0.1, -0.05) is 0 Å². The highest BCUT2D eigenvalue weighted by atomic mass is 15.1. The van der Waals surface area contributed by atoms with Crippen molar-refractivity contribution in [2.24, 2.45) is 0 Å². The lowest BCUT2D eigenvalue weighted by molar-refractivity contribution is 0.989. The second-order valence-corrected chi connectivity index (χ2v) is 4.40. The first kappa shape index (κ1) is 11.6. The fraction of sp³-hybridized carbons (Fsp3) is 0.214. The van der Waals surface area contributed by atoms with E-state index in [1.807, 2.05) is 48.2 Å². The van der Waals surface area contributed by atoms with Crippen molar-refractivity contribution in [1.29, 1.82) is 0 Å². The summed E-state index contributed by atoms with van der Waals surface area (Å²) >= 11 is 0. The van der Waals surface area contributed by atoms with Gasteiger partial charge in [0.25, 0.3) is 0 Å². The fourth-order valence-corrected chi connectivity index (χ4v) is 2.04. The third-order valence-corrected chi connectivity index (χ3v) is 3.07. The zero-order valence-electron chi connectivity index (χ0n) is 10.7. The average Bonchev–Trinajstić information content (AvgIpc) is 2.83. The number of imidazole rings is 1. The summed E-state index contributed by atoms with van der Waals surface area (Å²) in [5.41, 5.74) is 3.23. The van der Waals surface area contributed by atoms with Gasteiger partial charge >= 0.3 is 0 Å². The Labute approximate surface area is 111 Å². The van der Waals surface area contributed by atoms with Crippen molar-refractivity contribution < 1.29 is 0 Å². The van der Waals surface area contributed by atoms with Gasteiger partial charge in [0.1, 0.15) is 0 Å². The summed E-state index contributed by atoms with van der Waals surface area (Å²) in [6.07, 6.45) is 10.1. The third kappa shape index (κ3) is 2.40. The Morgan fingerprint density at radius 2 is 2.00 bits per heavy atom. The molecule has 0 fully saturated rings. The van der Waals surface area contributed by atoms with E-state index in [0.29, 0.717) is 0 Å². The standard InChI is InChI=1S/C14H15N5/c1-11-10-18-14-13(17-8-9-19(11)14)16-7-4-12-2-5-15-6-3-12/h2-3,5-6,8-10H,4,7H2,1H3,(H,16,17). The minimum atomic E-state index is 0.822. The molecule has 3 rings (SSSR count). The topological polar surface area (TPSA) is 55.1 Å². The highest BCUT2D eigenvalue weighted by Crippen LogP contribution is 2.13. The molecular formula is C14H15N5. The molecule has 0 aliphatic carbocycles. The summed E-state index contributed by atoms with van der Waals surface area (Å²) < 4.78 is 2.03. The first-order chi connectivity index (χ1) is 9.34.